The Balaban J connectivity index is 0.000000190. The molecule has 16 rings (SSSR count). The van der Waals surface area contributed by atoms with E-state index < -0.39 is 10.0 Å². The van der Waals surface area contributed by atoms with E-state index in [0.29, 0.717) is 37.5 Å². The highest BCUT2D eigenvalue weighted by atomic mass is 32.2. The van der Waals surface area contributed by atoms with Crippen LogP contribution >= 0.6 is 0 Å². The van der Waals surface area contributed by atoms with Crippen LogP contribution in [0.3, 0.4) is 0 Å². The Morgan fingerprint density at radius 1 is 0.287 bits per heavy atom. The highest BCUT2D eigenvalue weighted by Gasteiger charge is 2.46. The molecule has 0 fully saturated rings. The SMILES string of the molecule is CC(C)(C)N1C=CC2=C(C1)N(C(C)(C)C)C(=O)CN2.CC(C)(C)N1C=CC2=C(C1)N(C(C)(C)C)C(=O)CO2.CC(C)(C)N1C=CC2=C(C1)N(C(C)(C)C)CC(=O)N2.CC(C)(C)N1C=CC2=C(C1)N(C(C)(C)C)CCC2=O.CC(C)(C)N1C=CC2=C(C1)N(C(C)(C)C)CCN2.CC(C)(C)N1C=CC2=C(C1)N(C(C)(C)C)CCO2.CC(C)(C)N1C=CC2=C(C1)N(C(C)(C)C)CS(=O)(=O)N2.CC(C)(C)N1CC=CC2=C(C1)N(C(C)(C)C)CC2. The maximum Gasteiger partial charge on any atom is 0.265 e. The highest BCUT2D eigenvalue weighted by Crippen LogP contribution is 2.43. The van der Waals surface area contributed by atoms with Crippen molar-refractivity contribution in [3.8, 4) is 0 Å². The minimum Gasteiger partial charge on any atom is -0.490 e. The third-order valence-corrected chi connectivity index (χ3v) is 30.6. The number of hydrogen-bond donors (Lipinski definition) is 4. The van der Waals surface area contributed by atoms with E-state index in [1.54, 1.807) is 11.3 Å². The summed E-state index contributed by atoms with van der Waals surface area (Å²) in [6.07, 6.45) is 35.4. The zero-order valence-electron chi connectivity index (χ0n) is 103. The van der Waals surface area contributed by atoms with E-state index in [1.165, 1.54) is 41.5 Å². The van der Waals surface area contributed by atoms with Crippen molar-refractivity contribution < 1.29 is 37.1 Å². The summed E-state index contributed by atoms with van der Waals surface area (Å²) >= 11 is 0. The molecule has 150 heavy (non-hydrogen) atoms. The van der Waals surface area contributed by atoms with Crippen molar-refractivity contribution in [3.05, 3.63) is 189 Å². The standard InChI is InChI=1S/C16H26N2O.C16H28N2.2C15H25N3O.C15H27N3.C15H24N2O2.C15H26N2O.C14H25N3O2S/c1-15(2,3)17-9-7-12-13(11-17)18(16(4,5)6)10-8-14(12)19;1-15(2,3)17-10-7-8-13-9-11-18(14(13)12-17)16(4,5)6;1-14(2,3)17-8-7-11-12(10-17)18(15(4,5)6)13(19)9-16-11;1-14(2,3)17-8-7-11-12(9-17)18(15(4,5)6)10-13(19)16-11;1-14(2,3)17-9-7-12-13(11-17)18(10-8-16-12)15(4,5)6;1-14(2,3)16-8-7-12-11(9-16)17(15(4,5)6)13(18)10-19-12;1-14(2,3)16-8-7-13-12(11-16)17(9-10-18-13)15(4,5)6;1-13(2,3)16-8-7-11-12(9-16)17(14(4,5)6)10-20(18,19)15-11/h7,9H,8,10-11H2,1-6H3;7-8H,9-12H2,1-6H3;7-8,16H,9-10H2,1-6H3;7-8H,9-10H2,1-6H3,(H,16,19);7,9,16H,8,10-11H2,1-6H3;7-8H,9-10H2,1-6H3;7-8H,9-11H2,1-6H3;7-8,15H,9-10H2,1-6H3. The fraction of sp³-hybridized carbons (Fsp3) is 0.702. The minimum atomic E-state index is -3.29. The number of Topliss-reactive ketones (excluding diaryl/α,β-unsaturated/α-hetero) is 1. The lowest BCUT2D eigenvalue weighted by molar-refractivity contribution is -0.140. The molecule has 16 aliphatic heterocycles. The van der Waals surface area contributed by atoms with Gasteiger partial charge in [0.15, 0.2) is 12.4 Å². The Morgan fingerprint density at radius 3 is 1.08 bits per heavy atom. The Bertz CT molecular complexity index is 5360. The molecule has 3 amide bonds. The number of rotatable bonds is 0. The van der Waals surface area contributed by atoms with Gasteiger partial charge in [-0.05, 0) is 387 Å². The van der Waals surface area contributed by atoms with Gasteiger partial charge in [0.25, 0.3) is 15.9 Å². The first-order valence-corrected chi connectivity index (χ1v) is 56.8. The molecular weight excluding hydrogens is 1890 g/mol. The predicted molar refractivity (Wildman–Crippen MR) is 620 cm³/mol. The average Bonchev–Trinajstić information content (AvgIpc) is 0.888. The zero-order chi connectivity index (χ0) is 114. The number of sulfonamides is 1. The molecule has 4 N–H and O–H groups in total. The number of carbonyl (C=O) groups excluding carboxylic acids is 4. The summed E-state index contributed by atoms with van der Waals surface area (Å²) in [5, 5.41) is 9.72. The molecule has 28 nitrogen and oxygen atoms in total. The van der Waals surface area contributed by atoms with E-state index in [1.807, 2.05) is 66.0 Å². The van der Waals surface area contributed by atoms with Gasteiger partial charge >= 0.3 is 0 Å². The normalized spacial score (nSPS) is 21.3. The van der Waals surface area contributed by atoms with Crippen LogP contribution in [-0.4, -0.2) is 323 Å². The lowest BCUT2D eigenvalue weighted by Crippen LogP contribution is -2.56. The van der Waals surface area contributed by atoms with Crippen LogP contribution in [0.5, 0.6) is 0 Å². The Morgan fingerprint density at radius 2 is 0.640 bits per heavy atom. The first kappa shape index (κ1) is 124. The summed E-state index contributed by atoms with van der Waals surface area (Å²) < 4.78 is 38.0. The van der Waals surface area contributed by atoms with E-state index in [2.05, 4.69) is 464 Å². The second kappa shape index (κ2) is 45.0. The fourth-order valence-corrected chi connectivity index (χ4v) is 22.0. The van der Waals surface area contributed by atoms with Crippen molar-refractivity contribution in [2.24, 2.45) is 0 Å². The third kappa shape index (κ3) is 32.0. The lowest BCUT2D eigenvalue weighted by Gasteiger charge is -2.48. The van der Waals surface area contributed by atoms with Gasteiger partial charge in [-0.15, -0.1) is 0 Å². The number of ketones is 1. The molecule has 0 aromatic rings. The third-order valence-electron chi connectivity index (χ3n) is 29.4. The number of ether oxygens (including phenoxy) is 2. The summed E-state index contributed by atoms with van der Waals surface area (Å²) in [5.41, 5.74) is 17.1. The largest absolute Gasteiger partial charge is 0.490 e. The molecule has 0 bridgehead atoms. The summed E-state index contributed by atoms with van der Waals surface area (Å²) in [7, 11) is -3.29. The molecule has 29 heteroatoms. The lowest BCUT2D eigenvalue weighted by atomic mass is 9.92. The molecule has 0 atom stereocenters. The molecule has 16 heterocycles. The molecule has 844 valence electrons. The molecule has 0 radical (unpaired) electrons. The van der Waals surface area contributed by atoms with Crippen LogP contribution in [0.2, 0.25) is 0 Å². The van der Waals surface area contributed by atoms with Gasteiger partial charge in [0.2, 0.25) is 11.8 Å². The number of nitrogens with one attached hydrogen (secondary N) is 4. The molecule has 16 aliphatic rings. The molecule has 0 unspecified atom stereocenters. The summed E-state index contributed by atoms with van der Waals surface area (Å²) in [6.45, 7) is 120. The molecule has 0 aromatic heterocycles. The smallest absolute Gasteiger partial charge is 0.265 e. The Kier molecular flexibility index (Phi) is 37.1. The van der Waals surface area contributed by atoms with Gasteiger partial charge in [-0.25, -0.2) is 8.42 Å². The Labute approximate surface area is 910 Å². The summed E-state index contributed by atoms with van der Waals surface area (Å²) in [5.74, 6) is 2.45. The number of nitrogens with zero attached hydrogens (tertiary/aromatic N) is 16. The van der Waals surface area contributed by atoms with Crippen LogP contribution in [0.4, 0.5) is 0 Å². The van der Waals surface area contributed by atoms with Gasteiger partial charge < -0.3 is 98.9 Å². The van der Waals surface area contributed by atoms with Crippen LogP contribution < -0.4 is 20.7 Å². The molecular formula is C121H206N20O8S. The van der Waals surface area contributed by atoms with Crippen molar-refractivity contribution in [1.29, 1.82) is 0 Å². The molecule has 0 aliphatic carbocycles. The second-order valence-corrected chi connectivity index (χ2v) is 60.0. The maximum atomic E-state index is 12.2. The van der Waals surface area contributed by atoms with E-state index >= 15 is 0 Å². The number of hydrogen-bond acceptors (Lipinski definition) is 24. The monoisotopic (exact) mass is 2100 g/mol. The summed E-state index contributed by atoms with van der Waals surface area (Å²) in [6, 6.07) is 0. The molecule has 0 saturated heterocycles. The van der Waals surface area contributed by atoms with Crippen molar-refractivity contribution in [3.63, 3.8) is 0 Å². The van der Waals surface area contributed by atoms with Gasteiger partial charge in [-0.1, -0.05) is 12.2 Å². The molecule has 0 aromatic carbocycles. The Hall–Kier alpha value is -9.77. The van der Waals surface area contributed by atoms with Gasteiger partial charge in [-0.3, -0.25) is 28.8 Å². The topological polar surface area (TPSA) is 221 Å². The second-order valence-electron chi connectivity index (χ2n) is 58.3. The van der Waals surface area contributed by atoms with E-state index in [-0.39, 0.29) is 119 Å². The minimum absolute atomic E-state index is 0.00884. The maximum absolute atomic E-state index is 12.2. The van der Waals surface area contributed by atoms with Crippen LogP contribution in [0.1, 0.15) is 345 Å². The van der Waals surface area contributed by atoms with Crippen LogP contribution in [0, 0.1) is 0 Å². The van der Waals surface area contributed by atoms with Gasteiger partial charge in [-0.2, -0.15) is 0 Å². The first-order chi connectivity index (χ1) is 67.9. The number of amides is 3. The van der Waals surface area contributed by atoms with Gasteiger partial charge in [0.1, 0.15) is 24.0 Å². The van der Waals surface area contributed by atoms with Crippen molar-refractivity contribution in [2.75, 3.05) is 124 Å². The molecule has 0 spiro atoms. The quantitative estimate of drug-likeness (QED) is 0.177. The first-order valence-electron chi connectivity index (χ1n) is 55.2. The molecule has 0 saturated carbocycles. The average molecular weight is 2100 g/mol. The van der Waals surface area contributed by atoms with Gasteiger partial charge in [0, 0.05) is 195 Å². The van der Waals surface area contributed by atoms with E-state index in [9.17, 15) is 27.6 Å². The van der Waals surface area contributed by atoms with Crippen molar-refractivity contribution in [2.45, 2.75) is 434 Å². The number of carbonyl (C=O) groups is 4. The van der Waals surface area contributed by atoms with Gasteiger partial charge in [0.05, 0.1) is 122 Å². The van der Waals surface area contributed by atoms with E-state index in [0.717, 1.165) is 131 Å². The highest BCUT2D eigenvalue weighted by molar-refractivity contribution is 7.89. The van der Waals surface area contributed by atoms with Crippen molar-refractivity contribution >= 4 is 33.5 Å². The van der Waals surface area contributed by atoms with Crippen LogP contribution in [0.15, 0.2) is 189 Å². The fourth-order valence-electron chi connectivity index (χ4n) is 20.5. The summed E-state index contributed by atoms with van der Waals surface area (Å²) in [4.78, 5) is 85.1. The zero-order valence-corrected chi connectivity index (χ0v) is 104. The van der Waals surface area contributed by atoms with Crippen LogP contribution in [-0.2, 0) is 38.7 Å². The van der Waals surface area contributed by atoms with Crippen LogP contribution in [0.25, 0.3) is 0 Å². The predicted octanol–water partition coefficient (Wildman–Crippen LogP) is 20.3. The number of allylic oxidation sites excluding steroid dienone is 9. The van der Waals surface area contributed by atoms with E-state index in [4.69, 9.17) is 9.47 Å². The van der Waals surface area contributed by atoms with Crippen molar-refractivity contribution in [1.82, 2.24) is 99.1 Å².